The average molecular weight is 408 g/mol. The van der Waals surface area contributed by atoms with E-state index < -0.39 is 25.1 Å². The van der Waals surface area contributed by atoms with Crippen LogP contribution >= 0.6 is 0 Å². The monoisotopic (exact) mass is 408 g/mol. The smallest absolute Gasteiger partial charge is 0.282 e. The number of hydrogen-bond acceptors (Lipinski definition) is 7. The van der Waals surface area contributed by atoms with Gasteiger partial charge in [-0.05, 0) is 23.3 Å². The molecule has 1 N–H and O–H groups in total. The molecule has 10 nitrogen and oxygen atoms in total. The molecule has 0 bridgehead atoms. The van der Waals surface area contributed by atoms with Crippen LogP contribution in [0.1, 0.15) is 11.1 Å². The van der Waals surface area contributed by atoms with Crippen LogP contribution in [-0.2, 0) is 24.4 Å². The van der Waals surface area contributed by atoms with E-state index >= 15 is 0 Å². The van der Waals surface area contributed by atoms with Crippen molar-refractivity contribution >= 4 is 43.8 Å². The minimum atomic E-state index is -4.64. The van der Waals surface area contributed by atoms with E-state index in [1.807, 2.05) is 0 Å². The molecule has 0 spiro atoms. The summed E-state index contributed by atoms with van der Waals surface area (Å²) >= 11 is 0. The molecule has 0 atom stereocenters. The summed E-state index contributed by atoms with van der Waals surface area (Å²) in [4.78, 5) is 4.92. The molecule has 2 aromatic rings. The van der Waals surface area contributed by atoms with Crippen LogP contribution in [0.2, 0.25) is 0 Å². The zero-order valence-electron chi connectivity index (χ0n) is 13.7. The molecule has 0 radical (unpaired) electrons. The highest BCUT2D eigenvalue weighted by molar-refractivity contribution is 7.86. The van der Waals surface area contributed by atoms with Gasteiger partial charge in [0, 0.05) is 12.1 Å². The van der Waals surface area contributed by atoms with Crippen molar-refractivity contribution in [3.8, 4) is 0 Å². The third kappa shape index (κ3) is 4.52. The van der Waals surface area contributed by atoms with E-state index in [0.29, 0.717) is 0 Å². The maximum Gasteiger partial charge on any atom is 0.386 e. The lowest BCUT2D eigenvalue weighted by Crippen LogP contribution is -2.04. The first-order valence-electron chi connectivity index (χ1n) is 7.07. The Balaban J connectivity index is 2.64. The van der Waals surface area contributed by atoms with Crippen molar-refractivity contribution in [2.24, 2.45) is 0 Å². The Labute approximate surface area is 154 Å². The molecule has 12 heteroatoms. The molecule has 0 saturated carbocycles. The van der Waals surface area contributed by atoms with Gasteiger partial charge >= 0.3 is 11.4 Å². The molecule has 2 rings (SSSR count). The Bertz CT molecular complexity index is 1220. The second-order valence-electron chi connectivity index (χ2n) is 5.07. The van der Waals surface area contributed by atoms with Crippen molar-refractivity contribution in [2.75, 3.05) is 7.11 Å². The van der Waals surface area contributed by atoms with Crippen LogP contribution in [0.15, 0.2) is 46.2 Å². The van der Waals surface area contributed by atoms with E-state index in [-0.39, 0.29) is 27.4 Å². The van der Waals surface area contributed by atoms with Crippen molar-refractivity contribution in [3.05, 3.63) is 57.5 Å². The number of nitrogens with zero attached hydrogens (tertiary/aromatic N) is 4. The largest absolute Gasteiger partial charge is 0.386 e. The van der Waals surface area contributed by atoms with Gasteiger partial charge in [0.2, 0.25) is 10.8 Å². The Kier molecular flexibility index (Phi) is 5.68. The fraction of sp³-hybridized carbons (Fsp3) is 0.0667. The lowest BCUT2D eigenvalue weighted by molar-refractivity contribution is 0.397. The summed E-state index contributed by atoms with van der Waals surface area (Å²) in [6, 6.07) is 7.20. The highest BCUT2D eigenvalue weighted by Crippen LogP contribution is 2.28. The Morgan fingerprint density at radius 3 is 1.74 bits per heavy atom. The Morgan fingerprint density at radius 1 is 0.889 bits per heavy atom. The third-order valence-electron chi connectivity index (χ3n) is 3.43. The van der Waals surface area contributed by atoms with Gasteiger partial charge in [0.25, 0.3) is 20.2 Å². The van der Waals surface area contributed by atoms with E-state index in [2.05, 4.69) is 14.1 Å². The number of rotatable bonds is 5. The molecule has 0 fully saturated rings. The zero-order chi connectivity index (χ0) is 20.2. The summed E-state index contributed by atoms with van der Waals surface area (Å²) in [6.45, 7) is 0. The van der Waals surface area contributed by atoms with Crippen molar-refractivity contribution in [1.29, 1.82) is 10.8 Å². The van der Waals surface area contributed by atoms with E-state index in [4.69, 9.17) is 10.8 Å². The highest BCUT2D eigenvalue weighted by atomic mass is 32.2. The Morgan fingerprint density at radius 2 is 1.33 bits per heavy atom. The van der Waals surface area contributed by atoms with Crippen LogP contribution in [0.3, 0.4) is 0 Å². The van der Waals surface area contributed by atoms with Gasteiger partial charge in [0.15, 0.2) is 9.95 Å². The second kappa shape index (κ2) is 7.61. The van der Waals surface area contributed by atoms with Gasteiger partial charge in [0.1, 0.15) is 9.79 Å². The molecule has 0 aliphatic carbocycles. The molecule has 2 aromatic carbocycles. The molecular weight excluding hydrogens is 396 g/mol. The lowest BCUT2D eigenvalue weighted by atomic mass is 10.1. The molecule has 0 amide bonds. The summed E-state index contributed by atoms with van der Waals surface area (Å²) in [5, 5.41) is 17.6. The minimum Gasteiger partial charge on any atom is -0.282 e. The normalized spacial score (nSPS) is 11.9. The average Bonchev–Trinajstić information content (AvgIpc) is 2.65. The van der Waals surface area contributed by atoms with E-state index in [1.165, 1.54) is 36.4 Å². The van der Waals surface area contributed by atoms with Gasteiger partial charge in [-0.1, -0.05) is 12.2 Å². The minimum absolute atomic E-state index is 0.0154. The first-order valence-corrected chi connectivity index (χ1v) is 9.91. The first-order chi connectivity index (χ1) is 12.6. The lowest BCUT2D eigenvalue weighted by Gasteiger charge is -2.05. The molecule has 0 unspecified atom stereocenters. The van der Waals surface area contributed by atoms with Crippen LogP contribution in [0.5, 0.6) is 0 Å². The summed E-state index contributed by atoms with van der Waals surface area (Å²) in [7, 11) is -7.83. The zero-order valence-corrected chi connectivity index (χ0v) is 15.3. The maximum atomic E-state index is 12.1. The Hall–Kier alpha value is -3.16. The summed E-state index contributed by atoms with van der Waals surface area (Å²) in [5.41, 5.74) is -0.00491. The predicted molar refractivity (Wildman–Crippen MR) is 95.3 cm³/mol. The summed E-state index contributed by atoms with van der Waals surface area (Å²) in [5.74, 6) is 0. The maximum absolute atomic E-state index is 12.1. The fourth-order valence-electron chi connectivity index (χ4n) is 2.16. The van der Waals surface area contributed by atoms with Crippen molar-refractivity contribution in [1.82, 2.24) is 0 Å². The molecule has 138 valence electrons. The SMILES string of the molecule is COS(=O)(=O)c1cc([N+]#N)ccc1C=Cc1ccc([N+]#N)cc1S(=O)(=O)O. The first kappa shape index (κ1) is 20.2. The van der Waals surface area contributed by atoms with Gasteiger partial charge in [-0.2, -0.15) is 16.8 Å². The number of hydrogen-bond donors (Lipinski definition) is 1. The van der Waals surface area contributed by atoms with E-state index in [9.17, 15) is 21.4 Å². The molecule has 0 saturated heterocycles. The third-order valence-corrected chi connectivity index (χ3v) is 5.67. The number of benzene rings is 2. The predicted octanol–water partition coefficient (Wildman–Crippen LogP) is 3.41. The van der Waals surface area contributed by atoms with Crippen LogP contribution in [0, 0.1) is 10.8 Å². The van der Waals surface area contributed by atoms with Crippen LogP contribution in [0.25, 0.3) is 22.1 Å². The summed E-state index contributed by atoms with van der Waals surface area (Å²) in [6.07, 6.45) is 2.51. The topological polar surface area (TPSA) is 154 Å². The van der Waals surface area contributed by atoms with Crippen LogP contribution in [0.4, 0.5) is 11.4 Å². The molecule has 0 aliphatic heterocycles. The quantitative estimate of drug-likeness (QED) is 0.341. The second-order valence-corrected chi connectivity index (χ2v) is 8.14. The van der Waals surface area contributed by atoms with Crippen molar-refractivity contribution in [3.63, 3.8) is 0 Å². The van der Waals surface area contributed by atoms with Gasteiger partial charge in [-0.15, -0.1) is 0 Å². The van der Waals surface area contributed by atoms with Crippen molar-refractivity contribution < 1.29 is 25.6 Å². The van der Waals surface area contributed by atoms with Crippen LogP contribution in [-0.4, -0.2) is 28.5 Å². The number of diazo groups is 2. The fourth-order valence-corrected chi connectivity index (χ4v) is 3.73. The molecule has 0 aliphatic rings. The molecule has 0 heterocycles. The van der Waals surface area contributed by atoms with Gasteiger partial charge in [-0.25, -0.2) is 0 Å². The standard InChI is InChI=1S/C15H11N4O6S2/c1-25-27(23,24)15-9-13(19-17)7-5-11(15)3-2-10-4-6-12(18-16)8-14(10)26(20,21)22/h2-9H,1H3/q+1/p+1. The van der Waals surface area contributed by atoms with Crippen LogP contribution < -0.4 is 0 Å². The van der Waals surface area contributed by atoms with E-state index in [0.717, 1.165) is 19.2 Å². The van der Waals surface area contributed by atoms with Crippen molar-refractivity contribution in [2.45, 2.75) is 9.79 Å². The van der Waals surface area contributed by atoms with Gasteiger partial charge in [0.05, 0.1) is 19.2 Å². The molecular formula is C15H12N4O6S2+2. The van der Waals surface area contributed by atoms with Gasteiger partial charge in [-0.3, -0.25) is 8.74 Å². The highest BCUT2D eigenvalue weighted by Gasteiger charge is 2.22. The molecule has 0 aromatic heterocycles. The summed E-state index contributed by atoms with van der Waals surface area (Å²) < 4.78 is 61.0. The van der Waals surface area contributed by atoms with E-state index in [1.54, 1.807) is 0 Å². The molecule has 27 heavy (non-hydrogen) atoms. The van der Waals surface area contributed by atoms with Gasteiger partial charge < -0.3 is 0 Å².